The van der Waals surface area contributed by atoms with Crippen molar-refractivity contribution in [2.45, 2.75) is 44.6 Å². The Labute approximate surface area is 325 Å². The number of Topliss-reactive ketones (excluding diaryl/α,β-unsaturated/α-hetero) is 1. The van der Waals surface area contributed by atoms with Crippen LogP contribution in [0.25, 0.3) is 11.1 Å². The zero-order valence-electron chi connectivity index (χ0n) is 31.7. The molecule has 0 bridgehead atoms. The van der Waals surface area contributed by atoms with E-state index in [4.69, 9.17) is 15.2 Å². The molecule has 3 aromatic carbocycles. The Morgan fingerprint density at radius 1 is 0.857 bits per heavy atom. The van der Waals surface area contributed by atoms with Gasteiger partial charge in [0.15, 0.2) is 17.3 Å². The lowest BCUT2D eigenvalue weighted by atomic mass is 10.0. The normalized spacial score (nSPS) is 14.7. The molecule has 1 fully saturated rings. The molecule has 3 amide bonds. The number of nitrogens with two attached hydrogens (primary N) is 1. The third-order valence-electron chi connectivity index (χ3n) is 10.1. The molecule has 2 aromatic heterocycles. The SMILES string of the molecule is COc1cc2c(cc1OCCCC(=O)Nc1cc(C(=O)Cc3ccc(-c4cc(C(=O)Nc5ccc(N)cc5)n(C)c4)cc3)n(C)c1)N=C[C@@H]1CCCCN1C2=O. The van der Waals surface area contributed by atoms with Crippen LogP contribution in [0.2, 0.25) is 0 Å². The van der Waals surface area contributed by atoms with Crippen molar-refractivity contribution in [3.05, 3.63) is 108 Å². The summed E-state index contributed by atoms with van der Waals surface area (Å²) in [5.41, 5.74) is 12.2. The number of aromatic nitrogens is 2. The van der Waals surface area contributed by atoms with E-state index in [0.717, 1.165) is 36.0 Å². The first kappa shape index (κ1) is 37.7. The minimum atomic E-state index is -0.234. The van der Waals surface area contributed by atoms with E-state index in [-0.39, 0.29) is 49.0 Å². The van der Waals surface area contributed by atoms with Crippen molar-refractivity contribution in [2.24, 2.45) is 19.1 Å². The molecule has 2 aliphatic heterocycles. The second-order valence-corrected chi connectivity index (χ2v) is 14.2. The Morgan fingerprint density at radius 3 is 2.39 bits per heavy atom. The van der Waals surface area contributed by atoms with Gasteiger partial charge in [-0.25, -0.2) is 0 Å². The second-order valence-electron chi connectivity index (χ2n) is 14.2. The van der Waals surface area contributed by atoms with Crippen molar-refractivity contribution in [1.29, 1.82) is 0 Å². The van der Waals surface area contributed by atoms with Crippen LogP contribution in [0.4, 0.5) is 22.7 Å². The van der Waals surface area contributed by atoms with Crippen molar-refractivity contribution in [3.63, 3.8) is 0 Å². The number of ether oxygens (including phenoxy) is 2. The number of hydrogen-bond donors (Lipinski definition) is 3. The first-order valence-corrected chi connectivity index (χ1v) is 18.7. The Bertz CT molecular complexity index is 2310. The number of hydrogen-bond acceptors (Lipinski definition) is 8. The number of aliphatic imine (C=N–C) groups is 1. The number of nitrogen functional groups attached to an aromatic ring is 1. The first-order valence-electron chi connectivity index (χ1n) is 18.7. The minimum Gasteiger partial charge on any atom is -0.493 e. The molecule has 13 nitrogen and oxygen atoms in total. The van der Waals surface area contributed by atoms with Gasteiger partial charge in [-0.05, 0) is 79.3 Å². The van der Waals surface area contributed by atoms with Gasteiger partial charge in [0.1, 0.15) is 5.69 Å². The maximum Gasteiger partial charge on any atom is 0.272 e. The van der Waals surface area contributed by atoms with E-state index >= 15 is 0 Å². The van der Waals surface area contributed by atoms with Crippen LogP contribution in [0.1, 0.15) is 69.0 Å². The molecular formula is C43H45N7O6. The van der Waals surface area contributed by atoms with Gasteiger partial charge in [0.25, 0.3) is 11.8 Å². The van der Waals surface area contributed by atoms with Gasteiger partial charge < -0.3 is 39.9 Å². The average molecular weight is 756 g/mol. The molecule has 5 aromatic rings. The number of nitrogens with one attached hydrogen (secondary N) is 2. The molecule has 4 N–H and O–H groups in total. The Hall–Kier alpha value is -6.63. The van der Waals surface area contributed by atoms with Gasteiger partial charge in [0.05, 0.1) is 42.4 Å². The van der Waals surface area contributed by atoms with E-state index in [1.807, 2.05) is 54.7 Å². The molecule has 56 heavy (non-hydrogen) atoms. The minimum absolute atomic E-state index is 0.00408. The number of rotatable bonds is 13. The van der Waals surface area contributed by atoms with Crippen molar-refractivity contribution in [1.82, 2.24) is 14.0 Å². The summed E-state index contributed by atoms with van der Waals surface area (Å²) in [6.45, 7) is 0.958. The van der Waals surface area contributed by atoms with Crippen LogP contribution in [-0.4, -0.2) is 70.1 Å². The van der Waals surface area contributed by atoms with E-state index in [1.165, 1.54) is 7.11 Å². The molecule has 2 aliphatic rings. The van der Waals surface area contributed by atoms with Crippen LogP contribution in [-0.2, 0) is 25.3 Å². The summed E-state index contributed by atoms with van der Waals surface area (Å²) in [7, 11) is 5.12. The number of methoxy groups -OCH3 is 1. The third-order valence-corrected chi connectivity index (χ3v) is 10.1. The molecule has 0 spiro atoms. The summed E-state index contributed by atoms with van der Waals surface area (Å²) >= 11 is 0. The van der Waals surface area contributed by atoms with Gasteiger partial charge in [-0.2, -0.15) is 0 Å². The summed E-state index contributed by atoms with van der Waals surface area (Å²) in [6, 6.07) is 21.6. The lowest BCUT2D eigenvalue weighted by molar-refractivity contribution is -0.116. The highest BCUT2D eigenvalue weighted by molar-refractivity contribution is 6.05. The number of piperidine rings is 1. The van der Waals surface area contributed by atoms with Crippen molar-refractivity contribution >= 4 is 52.5 Å². The molecule has 4 heterocycles. The maximum atomic E-state index is 13.3. The fourth-order valence-electron chi connectivity index (χ4n) is 7.13. The quantitative estimate of drug-likeness (QED) is 0.0676. The van der Waals surface area contributed by atoms with E-state index in [9.17, 15) is 19.2 Å². The second kappa shape index (κ2) is 16.4. The molecule has 0 unspecified atom stereocenters. The zero-order valence-corrected chi connectivity index (χ0v) is 31.7. The van der Waals surface area contributed by atoms with Gasteiger partial charge in [-0.3, -0.25) is 24.2 Å². The fourth-order valence-corrected chi connectivity index (χ4v) is 7.13. The number of anilines is 3. The molecule has 1 atom stereocenters. The predicted octanol–water partition coefficient (Wildman–Crippen LogP) is 6.81. The van der Waals surface area contributed by atoms with Crippen LogP contribution in [0.3, 0.4) is 0 Å². The van der Waals surface area contributed by atoms with Crippen LogP contribution < -0.4 is 25.8 Å². The largest absolute Gasteiger partial charge is 0.493 e. The summed E-state index contributed by atoms with van der Waals surface area (Å²) in [6.07, 6.45) is 9.20. The first-order chi connectivity index (χ1) is 27.1. The number of carbonyl (C=O) groups is 4. The number of amides is 3. The highest BCUT2D eigenvalue weighted by Crippen LogP contribution is 2.38. The molecule has 0 radical (unpaired) electrons. The van der Waals surface area contributed by atoms with Gasteiger partial charge >= 0.3 is 0 Å². The van der Waals surface area contributed by atoms with E-state index in [1.54, 1.807) is 64.8 Å². The Balaban J connectivity index is 0.899. The van der Waals surface area contributed by atoms with E-state index < -0.39 is 0 Å². The number of ketones is 1. The Morgan fingerprint density at radius 2 is 1.62 bits per heavy atom. The molecule has 0 aliphatic carbocycles. The zero-order chi connectivity index (χ0) is 39.3. The van der Waals surface area contributed by atoms with Crippen molar-refractivity contribution in [3.8, 4) is 22.6 Å². The number of nitrogens with zero attached hydrogens (tertiary/aromatic N) is 4. The Kier molecular flexibility index (Phi) is 11.0. The predicted molar refractivity (Wildman–Crippen MR) is 216 cm³/mol. The van der Waals surface area contributed by atoms with Crippen LogP contribution in [0.15, 0.2) is 90.2 Å². The van der Waals surface area contributed by atoms with Crippen molar-refractivity contribution < 1.29 is 28.7 Å². The van der Waals surface area contributed by atoms with Gasteiger partial charge in [-0.15, -0.1) is 0 Å². The van der Waals surface area contributed by atoms with Crippen LogP contribution in [0.5, 0.6) is 11.5 Å². The summed E-state index contributed by atoms with van der Waals surface area (Å²) in [5, 5.41) is 5.78. The highest BCUT2D eigenvalue weighted by Gasteiger charge is 2.31. The molecule has 288 valence electrons. The smallest absolute Gasteiger partial charge is 0.272 e. The monoisotopic (exact) mass is 755 g/mol. The average Bonchev–Trinajstić information content (AvgIpc) is 3.74. The number of benzene rings is 3. The molecule has 7 rings (SSSR count). The topological polar surface area (TPSA) is 162 Å². The van der Waals surface area contributed by atoms with Gasteiger partial charge in [0, 0.05) is 75.1 Å². The summed E-state index contributed by atoms with van der Waals surface area (Å²) in [4.78, 5) is 58.9. The highest BCUT2D eigenvalue weighted by atomic mass is 16.5. The van der Waals surface area contributed by atoms with Gasteiger partial charge in [-0.1, -0.05) is 24.3 Å². The molecule has 1 saturated heterocycles. The van der Waals surface area contributed by atoms with Crippen molar-refractivity contribution in [2.75, 3.05) is 36.6 Å². The summed E-state index contributed by atoms with van der Waals surface area (Å²) < 4.78 is 15.0. The summed E-state index contributed by atoms with van der Waals surface area (Å²) in [5.74, 6) is 0.312. The number of aryl methyl sites for hydroxylation is 2. The lowest BCUT2D eigenvalue weighted by Gasteiger charge is -2.32. The molecular weight excluding hydrogens is 711 g/mol. The number of carbonyl (C=O) groups excluding carboxylic acids is 4. The molecule has 0 saturated carbocycles. The van der Waals surface area contributed by atoms with Gasteiger partial charge in [0.2, 0.25) is 5.91 Å². The van der Waals surface area contributed by atoms with Crippen LogP contribution in [0, 0.1) is 0 Å². The number of fused-ring (bicyclic) bond motifs is 2. The van der Waals surface area contributed by atoms with E-state index in [2.05, 4.69) is 15.6 Å². The third kappa shape index (κ3) is 8.36. The molecule has 13 heteroatoms. The maximum absolute atomic E-state index is 13.3. The standard InChI is InChI=1S/C43H45N7O6/c1-48-25-29(20-37(48)42(53)47-31-15-13-30(44)14-16-31)28-11-9-27(10-12-28)19-38(51)36-21-32(26-49(36)2)46-41(52)8-6-18-56-40-23-35-34(22-39(40)55-3)43(54)50-17-5-4-7-33(50)24-45-35/h9-16,20-26,33H,4-8,17-19,44H2,1-3H3,(H,46,52)(H,47,53)/t33-/m0/s1. The fraction of sp³-hybridized carbons (Fsp3) is 0.279. The van der Waals surface area contributed by atoms with E-state index in [0.29, 0.717) is 64.2 Å². The van der Waals surface area contributed by atoms with Crippen LogP contribution >= 0.6 is 0 Å². The lowest BCUT2D eigenvalue weighted by Crippen LogP contribution is -2.43.